The van der Waals surface area contributed by atoms with Gasteiger partial charge in [0.15, 0.2) is 17.3 Å². The van der Waals surface area contributed by atoms with E-state index in [0.29, 0.717) is 22.3 Å². The molecular formula is C25H13BrO4. The number of benzene rings is 3. The van der Waals surface area contributed by atoms with Crippen LogP contribution >= 0.6 is 15.9 Å². The van der Waals surface area contributed by atoms with Crippen LogP contribution in [0.4, 0.5) is 0 Å². The van der Waals surface area contributed by atoms with E-state index in [9.17, 15) is 14.4 Å². The van der Waals surface area contributed by atoms with E-state index < -0.39 is 5.78 Å². The van der Waals surface area contributed by atoms with Crippen LogP contribution in [0, 0.1) is 0 Å². The third-order valence-electron chi connectivity index (χ3n) is 5.13. The molecule has 0 saturated heterocycles. The van der Waals surface area contributed by atoms with Crippen LogP contribution in [0.25, 0.3) is 11.1 Å². The molecule has 3 aromatic carbocycles. The molecule has 0 saturated carbocycles. The Morgan fingerprint density at radius 3 is 1.97 bits per heavy atom. The molecule has 0 amide bonds. The lowest BCUT2D eigenvalue weighted by atomic mass is 9.84. The number of hydrogen-bond acceptors (Lipinski definition) is 4. The molecule has 1 heterocycles. The zero-order valence-corrected chi connectivity index (χ0v) is 17.1. The van der Waals surface area contributed by atoms with Crippen molar-refractivity contribution in [3.8, 4) is 11.1 Å². The van der Waals surface area contributed by atoms with Gasteiger partial charge in [0.25, 0.3) is 0 Å². The van der Waals surface area contributed by atoms with Gasteiger partial charge in [0.05, 0.1) is 5.56 Å². The molecule has 0 radical (unpaired) electrons. The second kappa shape index (κ2) is 7.04. The Hall–Kier alpha value is -3.57. The predicted molar refractivity (Wildman–Crippen MR) is 115 cm³/mol. The molecule has 0 N–H and O–H groups in total. The third-order valence-corrected chi connectivity index (χ3v) is 5.66. The van der Waals surface area contributed by atoms with E-state index in [4.69, 9.17) is 4.42 Å². The largest absolute Gasteiger partial charge is 0.448 e. The Kier molecular flexibility index (Phi) is 4.33. The van der Waals surface area contributed by atoms with Gasteiger partial charge in [-0.15, -0.1) is 0 Å². The molecule has 5 heteroatoms. The molecule has 5 rings (SSSR count). The lowest BCUT2D eigenvalue weighted by Crippen LogP contribution is -2.19. The number of carbonyl (C=O) groups excluding carboxylic acids is 3. The highest BCUT2D eigenvalue weighted by atomic mass is 79.9. The van der Waals surface area contributed by atoms with Gasteiger partial charge in [-0.3, -0.25) is 14.4 Å². The fraction of sp³-hybridized carbons (Fsp3) is 0. The number of ketones is 3. The molecule has 0 aliphatic heterocycles. The summed E-state index contributed by atoms with van der Waals surface area (Å²) in [6.45, 7) is 0. The van der Waals surface area contributed by atoms with E-state index in [2.05, 4.69) is 15.9 Å². The normalized spacial score (nSPS) is 12.4. The van der Waals surface area contributed by atoms with Crippen molar-refractivity contribution in [3.63, 3.8) is 0 Å². The first kappa shape index (κ1) is 18.5. The molecule has 4 aromatic rings. The molecule has 1 aromatic heterocycles. The van der Waals surface area contributed by atoms with Gasteiger partial charge in [-0.25, -0.2) is 0 Å². The van der Waals surface area contributed by atoms with Gasteiger partial charge in [0, 0.05) is 26.7 Å². The first-order chi connectivity index (χ1) is 14.6. The van der Waals surface area contributed by atoms with Crippen molar-refractivity contribution in [2.45, 2.75) is 0 Å². The molecule has 0 bridgehead atoms. The van der Waals surface area contributed by atoms with E-state index in [1.165, 1.54) is 0 Å². The third kappa shape index (κ3) is 2.78. The van der Waals surface area contributed by atoms with Crippen molar-refractivity contribution in [1.82, 2.24) is 0 Å². The van der Waals surface area contributed by atoms with Crippen molar-refractivity contribution in [3.05, 3.63) is 117 Å². The summed E-state index contributed by atoms with van der Waals surface area (Å²) in [5.74, 6) is -1.20. The molecule has 0 spiro atoms. The molecule has 1 aliphatic rings. The fourth-order valence-electron chi connectivity index (χ4n) is 3.72. The maximum Gasteiger partial charge on any atom is 0.229 e. The summed E-state index contributed by atoms with van der Waals surface area (Å²) >= 11 is 3.36. The van der Waals surface area contributed by atoms with Crippen molar-refractivity contribution >= 4 is 33.3 Å². The molecule has 144 valence electrons. The summed E-state index contributed by atoms with van der Waals surface area (Å²) in [5.41, 5.74) is 2.14. The predicted octanol–water partition coefficient (Wildman–Crippen LogP) is 5.72. The number of rotatable bonds is 3. The van der Waals surface area contributed by atoms with Crippen LogP contribution in [0.3, 0.4) is 0 Å². The van der Waals surface area contributed by atoms with Crippen LogP contribution < -0.4 is 0 Å². The Morgan fingerprint density at radius 2 is 1.30 bits per heavy atom. The highest BCUT2D eigenvalue weighted by Gasteiger charge is 2.39. The van der Waals surface area contributed by atoms with Crippen LogP contribution in [0.5, 0.6) is 0 Å². The average Bonchev–Trinajstić information content (AvgIpc) is 3.19. The van der Waals surface area contributed by atoms with Crippen LogP contribution in [-0.2, 0) is 0 Å². The number of halogens is 1. The van der Waals surface area contributed by atoms with Gasteiger partial charge >= 0.3 is 0 Å². The second-order valence-electron chi connectivity index (χ2n) is 6.92. The van der Waals surface area contributed by atoms with Crippen molar-refractivity contribution in [2.24, 2.45) is 0 Å². The quantitative estimate of drug-likeness (QED) is 0.326. The van der Waals surface area contributed by atoms with Crippen LogP contribution in [0.1, 0.15) is 48.2 Å². The van der Waals surface area contributed by atoms with Crippen molar-refractivity contribution in [2.75, 3.05) is 0 Å². The molecule has 4 nitrogen and oxygen atoms in total. The monoisotopic (exact) mass is 456 g/mol. The van der Waals surface area contributed by atoms with E-state index in [0.717, 1.165) is 4.47 Å². The summed E-state index contributed by atoms with van der Waals surface area (Å²) in [7, 11) is 0. The summed E-state index contributed by atoms with van der Waals surface area (Å²) in [4.78, 5) is 39.7. The molecule has 0 atom stereocenters. The molecular weight excluding hydrogens is 444 g/mol. The van der Waals surface area contributed by atoms with Crippen molar-refractivity contribution < 1.29 is 18.8 Å². The van der Waals surface area contributed by atoms with E-state index in [1.54, 1.807) is 60.7 Å². The van der Waals surface area contributed by atoms with Gasteiger partial charge in [0.1, 0.15) is 0 Å². The minimum Gasteiger partial charge on any atom is -0.448 e. The summed E-state index contributed by atoms with van der Waals surface area (Å²) in [6, 6.07) is 22.5. The first-order valence-electron chi connectivity index (χ1n) is 9.27. The second-order valence-corrected chi connectivity index (χ2v) is 7.83. The lowest BCUT2D eigenvalue weighted by Gasteiger charge is -2.13. The van der Waals surface area contributed by atoms with Crippen LogP contribution in [-0.4, -0.2) is 17.3 Å². The standard InChI is InChI=1S/C25H13BrO4/c26-16-12-10-15(11-13-16)21(27)24-19(14-6-2-1-3-7-14)20-22(28)17-8-4-5-9-18(17)23(29)25(20)30-24/h1-13H. The number of carbonyl (C=O) groups is 3. The van der Waals surface area contributed by atoms with E-state index in [-0.39, 0.29) is 34.2 Å². The topological polar surface area (TPSA) is 64.3 Å². The highest BCUT2D eigenvalue weighted by molar-refractivity contribution is 9.10. The van der Waals surface area contributed by atoms with Crippen LogP contribution in [0.15, 0.2) is 87.8 Å². The summed E-state index contributed by atoms with van der Waals surface area (Å²) in [5, 5.41) is 0. The van der Waals surface area contributed by atoms with Gasteiger partial charge in [-0.1, -0.05) is 70.5 Å². The summed E-state index contributed by atoms with van der Waals surface area (Å²) < 4.78 is 6.68. The Morgan fingerprint density at radius 1 is 0.700 bits per heavy atom. The fourth-order valence-corrected chi connectivity index (χ4v) is 3.98. The molecule has 1 aliphatic carbocycles. The minimum absolute atomic E-state index is 0.0111. The van der Waals surface area contributed by atoms with E-state index >= 15 is 0 Å². The Labute approximate surface area is 180 Å². The maximum absolute atomic E-state index is 13.3. The van der Waals surface area contributed by atoms with Gasteiger partial charge < -0.3 is 4.42 Å². The smallest absolute Gasteiger partial charge is 0.229 e. The Balaban J connectivity index is 1.79. The Bertz CT molecular complexity index is 1330. The molecule has 30 heavy (non-hydrogen) atoms. The highest BCUT2D eigenvalue weighted by Crippen LogP contribution is 2.39. The molecule has 0 unspecified atom stereocenters. The lowest BCUT2D eigenvalue weighted by molar-refractivity contribution is 0.0951. The zero-order chi connectivity index (χ0) is 20.8. The zero-order valence-electron chi connectivity index (χ0n) is 15.5. The average molecular weight is 457 g/mol. The number of fused-ring (bicyclic) bond motifs is 2. The first-order valence-corrected chi connectivity index (χ1v) is 10.1. The SMILES string of the molecule is O=C1c2ccccc2C(=O)c2c1oc(C(=O)c1ccc(Br)cc1)c2-c1ccccc1. The van der Waals surface area contributed by atoms with E-state index in [1.807, 2.05) is 18.2 Å². The molecule has 0 fully saturated rings. The van der Waals surface area contributed by atoms with Crippen molar-refractivity contribution in [1.29, 1.82) is 0 Å². The minimum atomic E-state index is -0.396. The number of hydrogen-bond donors (Lipinski definition) is 0. The van der Waals surface area contributed by atoms with Gasteiger partial charge in [-0.05, 0) is 29.8 Å². The summed E-state index contributed by atoms with van der Waals surface area (Å²) in [6.07, 6.45) is 0. The van der Waals surface area contributed by atoms with Crippen LogP contribution in [0.2, 0.25) is 0 Å². The van der Waals surface area contributed by atoms with Gasteiger partial charge in [0.2, 0.25) is 11.6 Å². The van der Waals surface area contributed by atoms with Gasteiger partial charge in [-0.2, -0.15) is 0 Å². The maximum atomic E-state index is 13.3. The number of furan rings is 1.